The number of rotatable bonds is 4. The zero-order valence-electron chi connectivity index (χ0n) is 40.4. The molecular formula is C66H56N2. The van der Waals surface area contributed by atoms with Crippen LogP contribution < -0.4 is 9.80 Å². The minimum atomic E-state index is -0.260. The molecule has 0 bridgehead atoms. The molecule has 13 rings (SSSR count). The van der Waals surface area contributed by atoms with Crippen molar-refractivity contribution in [2.45, 2.75) is 77.0 Å². The van der Waals surface area contributed by atoms with Crippen LogP contribution in [0.2, 0.25) is 0 Å². The van der Waals surface area contributed by atoms with E-state index < -0.39 is 0 Å². The third-order valence-corrected chi connectivity index (χ3v) is 16.7. The molecule has 0 saturated heterocycles. The summed E-state index contributed by atoms with van der Waals surface area (Å²) in [7, 11) is 0. The van der Waals surface area contributed by atoms with Crippen molar-refractivity contribution in [1.82, 2.24) is 0 Å². The van der Waals surface area contributed by atoms with Crippen LogP contribution in [-0.4, -0.2) is 0 Å². The molecule has 9 aromatic rings. The molecule has 0 amide bonds. The van der Waals surface area contributed by atoms with Gasteiger partial charge in [0.15, 0.2) is 0 Å². The first-order chi connectivity index (χ1) is 32.7. The minimum absolute atomic E-state index is 0.0451. The second-order valence-corrected chi connectivity index (χ2v) is 21.8. The summed E-state index contributed by atoms with van der Waals surface area (Å²) in [4.78, 5) is 5.04. The number of benzene rings is 9. The summed E-state index contributed by atoms with van der Waals surface area (Å²) in [6, 6.07) is 73.6. The summed E-state index contributed by atoms with van der Waals surface area (Å²) < 4.78 is 0. The van der Waals surface area contributed by atoms with Gasteiger partial charge in [-0.2, -0.15) is 0 Å². The van der Waals surface area contributed by atoms with Gasteiger partial charge in [0, 0.05) is 33.0 Å². The fourth-order valence-corrected chi connectivity index (χ4v) is 12.8. The summed E-state index contributed by atoms with van der Waals surface area (Å²) in [5.41, 5.74) is 27.9. The van der Waals surface area contributed by atoms with E-state index in [-0.39, 0.29) is 21.7 Å². The molecule has 68 heavy (non-hydrogen) atoms. The number of nitrogens with zero attached hydrogens (tertiary/aromatic N) is 2. The van der Waals surface area contributed by atoms with E-state index in [2.05, 4.69) is 259 Å². The highest BCUT2D eigenvalue weighted by atomic mass is 15.2. The van der Waals surface area contributed by atoms with Gasteiger partial charge in [0.2, 0.25) is 0 Å². The first-order valence-corrected chi connectivity index (χ1v) is 24.4. The molecular weight excluding hydrogens is 821 g/mol. The smallest absolute Gasteiger partial charge is 0.0507 e. The molecule has 0 spiro atoms. The summed E-state index contributed by atoms with van der Waals surface area (Å²) >= 11 is 0. The molecule has 2 aliphatic carbocycles. The van der Waals surface area contributed by atoms with Gasteiger partial charge < -0.3 is 9.80 Å². The van der Waals surface area contributed by atoms with Crippen molar-refractivity contribution in [3.8, 4) is 44.5 Å². The Bertz CT molecular complexity index is 3330. The Labute approximate surface area is 402 Å². The van der Waals surface area contributed by atoms with Gasteiger partial charge >= 0.3 is 0 Å². The van der Waals surface area contributed by atoms with Gasteiger partial charge in [0.05, 0.1) is 22.7 Å². The van der Waals surface area contributed by atoms with Gasteiger partial charge in [0.25, 0.3) is 0 Å². The maximum atomic E-state index is 2.53. The average Bonchev–Trinajstić information content (AvgIpc) is 3.73. The van der Waals surface area contributed by atoms with Gasteiger partial charge in [-0.3, -0.25) is 0 Å². The van der Waals surface area contributed by atoms with Gasteiger partial charge in [-0.1, -0.05) is 189 Å². The summed E-state index contributed by atoms with van der Waals surface area (Å²) in [5, 5.41) is 0. The molecule has 0 fully saturated rings. The largest absolute Gasteiger partial charge is 0.310 e. The molecule has 0 atom stereocenters. The lowest BCUT2D eigenvalue weighted by Gasteiger charge is -2.47. The molecule has 9 aromatic carbocycles. The molecule has 4 aliphatic rings. The molecule has 2 heteroatoms. The zero-order chi connectivity index (χ0) is 46.5. The maximum absolute atomic E-state index is 2.53. The molecule has 0 N–H and O–H groups in total. The summed E-state index contributed by atoms with van der Waals surface area (Å²) in [5.74, 6) is 0. The van der Waals surface area contributed by atoms with E-state index in [4.69, 9.17) is 0 Å². The van der Waals surface area contributed by atoms with Crippen LogP contribution in [0.15, 0.2) is 194 Å². The lowest BCUT2D eigenvalue weighted by molar-refractivity contribution is 0.615. The van der Waals surface area contributed by atoms with Crippen molar-refractivity contribution >= 4 is 34.1 Å². The van der Waals surface area contributed by atoms with Gasteiger partial charge in [0.1, 0.15) is 0 Å². The average molecular weight is 877 g/mol. The van der Waals surface area contributed by atoms with Crippen LogP contribution in [-0.2, 0) is 21.7 Å². The van der Waals surface area contributed by atoms with E-state index in [9.17, 15) is 0 Å². The Balaban J connectivity index is 0.915. The minimum Gasteiger partial charge on any atom is -0.310 e. The summed E-state index contributed by atoms with van der Waals surface area (Å²) in [6.07, 6.45) is 0. The van der Waals surface area contributed by atoms with Crippen molar-refractivity contribution in [2.75, 3.05) is 9.80 Å². The van der Waals surface area contributed by atoms with E-state index >= 15 is 0 Å². The molecule has 2 aliphatic heterocycles. The first-order valence-electron chi connectivity index (χ1n) is 24.4. The fraction of sp³-hybridized carbons (Fsp3) is 0.182. The predicted octanol–water partition coefficient (Wildman–Crippen LogP) is 17.9. The van der Waals surface area contributed by atoms with Crippen LogP contribution in [0.4, 0.5) is 34.1 Å². The van der Waals surface area contributed by atoms with Crippen LogP contribution in [0.1, 0.15) is 99.9 Å². The van der Waals surface area contributed by atoms with Crippen LogP contribution in [0.3, 0.4) is 0 Å². The van der Waals surface area contributed by atoms with Crippen molar-refractivity contribution in [3.05, 3.63) is 239 Å². The lowest BCUT2D eigenvalue weighted by Crippen LogP contribution is -2.35. The molecule has 0 unspecified atom stereocenters. The number of anilines is 6. The highest BCUT2D eigenvalue weighted by Gasteiger charge is 2.43. The first kappa shape index (κ1) is 40.8. The van der Waals surface area contributed by atoms with E-state index in [1.54, 1.807) is 0 Å². The Morgan fingerprint density at radius 1 is 0.235 bits per heavy atom. The molecule has 330 valence electrons. The summed E-state index contributed by atoms with van der Waals surface area (Å²) in [6.45, 7) is 19.1. The van der Waals surface area contributed by atoms with Gasteiger partial charge in [-0.25, -0.2) is 0 Å². The SMILES string of the molecule is CC1(C)c2ccccc2-c2ccc(-c3ccc(N4c5ccccc5C(C)(C)c5cc6c(cc54)C(C)(C)c4ccccc4N6c4ccc(-c5ccc6c(c5)C(C)(C)c5ccccc5-6)cc4)cc3)cc21. The number of para-hydroxylation sites is 2. The quantitative estimate of drug-likeness (QED) is 0.174. The van der Waals surface area contributed by atoms with Crippen molar-refractivity contribution < 1.29 is 0 Å². The van der Waals surface area contributed by atoms with Crippen LogP contribution in [0.25, 0.3) is 44.5 Å². The second-order valence-electron chi connectivity index (χ2n) is 21.8. The van der Waals surface area contributed by atoms with Crippen molar-refractivity contribution in [2.24, 2.45) is 0 Å². The topological polar surface area (TPSA) is 6.48 Å². The van der Waals surface area contributed by atoms with E-state index in [0.717, 1.165) is 11.4 Å². The lowest BCUT2D eigenvalue weighted by atomic mass is 9.69. The van der Waals surface area contributed by atoms with E-state index in [0.29, 0.717) is 0 Å². The molecule has 0 aromatic heterocycles. The van der Waals surface area contributed by atoms with Crippen LogP contribution >= 0.6 is 0 Å². The molecule has 0 saturated carbocycles. The predicted molar refractivity (Wildman–Crippen MR) is 286 cm³/mol. The Hall–Kier alpha value is -7.42. The molecule has 0 radical (unpaired) electrons. The normalized spacial score (nSPS) is 16.6. The molecule has 2 heterocycles. The van der Waals surface area contributed by atoms with Crippen molar-refractivity contribution in [3.63, 3.8) is 0 Å². The Morgan fingerprint density at radius 2 is 0.544 bits per heavy atom. The van der Waals surface area contributed by atoms with Gasteiger partial charge in [-0.05, 0) is 150 Å². The third kappa shape index (κ3) is 5.58. The Kier molecular flexibility index (Phi) is 8.44. The Morgan fingerprint density at radius 3 is 0.941 bits per heavy atom. The highest BCUT2D eigenvalue weighted by molar-refractivity contribution is 5.94. The number of hydrogen-bond donors (Lipinski definition) is 0. The number of fused-ring (bicyclic) bond motifs is 10. The second kappa shape index (κ2) is 14.1. The fourth-order valence-electron chi connectivity index (χ4n) is 12.8. The third-order valence-electron chi connectivity index (χ3n) is 16.7. The van der Waals surface area contributed by atoms with Crippen LogP contribution in [0.5, 0.6) is 0 Å². The number of hydrogen-bond acceptors (Lipinski definition) is 2. The van der Waals surface area contributed by atoms with E-state index in [1.165, 1.54) is 112 Å². The highest BCUT2D eigenvalue weighted by Crippen LogP contribution is 2.59. The van der Waals surface area contributed by atoms with Crippen molar-refractivity contribution in [1.29, 1.82) is 0 Å². The molecule has 2 nitrogen and oxygen atoms in total. The standard InChI is InChI=1S/C66H56N2/c1-63(2)51-19-11-9-17-47(51)49-35-29-43(37-55(49)63)41-25-31-45(32-26-41)67-59-23-15-13-21-53(59)65(5,6)57-40-62-58(39-61(57)67)66(7,8)54-22-14-16-24-60(54)68(62)46-33-27-42(28-34-46)44-30-36-50-48-18-10-12-20-52(48)64(3,4)56(50)38-44/h9-40H,1-8H3. The van der Waals surface area contributed by atoms with Crippen LogP contribution in [0, 0.1) is 0 Å². The maximum Gasteiger partial charge on any atom is 0.0507 e. The van der Waals surface area contributed by atoms with Gasteiger partial charge in [-0.15, -0.1) is 0 Å². The monoisotopic (exact) mass is 876 g/mol. The zero-order valence-corrected chi connectivity index (χ0v) is 40.4. The van der Waals surface area contributed by atoms with E-state index in [1.807, 2.05) is 0 Å².